The first-order chi connectivity index (χ1) is 10.2. The Hall–Kier alpha value is -1.32. The quantitative estimate of drug-likeness (QED) is 0.894. The van der Waals surface area contributed by atoms with Crippen LogP contribution in [0.3, 0.4) is 0 Å². The molecule has 4 heteroatoms. The number of rotatable bonds is 5. The largest absolute Gasteiger partial charge is 0.370 e. The topological polar surface area (TPSA) is 41.0 Å². The molecule has 1 N–H and O–H groups in total. The molecule has 3 rings (SSSR count). The molecule has 2 aliphatic rings. The number of nitrogens with one attached hydrogen (secondary N) is 1. The van der Waals surface area contributed by atoms with E-state index in [0.29, 0.717) is 12.0 Å². The fourth-order valence-corrected chi connectivity index (χ4v) is 3.37. The summed E-state index contributed by atoms with van der Waals surface area (Å²) in [7, 11) is 2.21. The minimum absolute atomic E-state index is 0.598. The van der Waals surface area contributed by atoms with Gasteiger partial charge in [-0.25, -0.2) is 9.97 Å². The van der Waals surface area contributed by atoms with Gasteiger partial charge in [0, 0.05) is 31.6 Å². The van der Waals surface area contributed by atoms with Crippen LogP contribution < -0.4 is 10.2 Å². The first kappa shape index (κ1) is 14.6. The summed E-state index contributed by atoms with van der Waals surface area (Å²) in [6.07, 6.45) is 7.80. The summed E-state index contributed by atoms with van der Waals surface area (Å²) in [4.78, 5) is 11.9. The van der Waals surface area contributed by atoms with Gasteiger partial charge in [0.15, 0.2) is 0 Å². The lowest BCUT2D eigenvalue weighted by atomic mass is 9.86. The van der Waals surface area contributed by atoms with Gasteiger partial charge >= 0.3 is 0 Å². The summed E-state index contributed by atoms with van der Waals surface area (Å²) in [5.41, 5.74) is 0. The maximum atomic E-state index is 4.85. The Bertz CT molecular complexity index is 484. The number of aromatic nitrogens is 2. The monoisotopic (exact) mass is 288 g/mol. The fourth-order valence-electron chi connectivity index (χ4n) is 3.37. The third-order valence-electron chi connectivity index (χ3n) is 4.85. The van der Waals surface area contributed by atoms with E-state index < -0.39 is 0 Å². The van der Waals surface area contributed by atoms with E-state index >= 15 is 0 Å². The first-order valence-corrected chi connectivity index (χ1v) is 8.53. The van der Waals surface area contributed by atoms with Crippen molar-refractivity contribution in [3.63, 3.8) is 0 Å². The highest BCUT2D eigenvalue weighted by molar-refractivity contribution is 5.50. The summed E-state index contributed by atoms with van der Waals surface area (Å²) in [5, 5.41) is 3.36. The van der Waals surface area contributed by atoms with E-state index in [-0.39, 0.29) is 0 Å². The summed E-state index contributed by atoms with van der Waals surface area (Å²) < 4.78 is 0. The van der Waals surface area contributed by atoms with Crippen molar-refractivity contribution in [3.05, 3.63) is 11.9 Å². The van der Waals surface area contributed by atoms with Crippen LogP contribution in [-0.4, -0.2) is 29.6 Å². The average molecular weight is 288 g/mol. The smallest absolute Gasteiger partial charge is 0.136 e. The molecule has 4 nitrogen and oxygen atoms in total. The second-order valence-electron chi connectivity index (χ2n) is 6.81. The van der Waals surface area contributed by atoms with Crippen LogP contribution in [0.25, 0.3) is 0 Å². The highest BCUT2D eigenvalue weighted by Gasteiger charge is 2.29. The molecule has 21 heavy (non-hydrogen) atoms. The minimum Gasteiger partial charge on any atom is -0.370 e. The van der Waals surface area contributed by atoms with Gasteiger partial charge < -0.3 is 10.2 Å². The van der Waals surface area contributed by atoms with Crippen LogP contribution >= 0.6 is 0 Å². The molecule has 1 aromatic rings. The summed E-state index contributed by atoms with van der Waals surface area (Å²) >= 11 is 0. The highest BCUT2D eigenvalue weighted by atomic mass is 15.2. The molecule has 0 bridgehead atoms. The maximum absolute atomic E-state index is 4.85. The standard InChI is InChI=1S/C17H28N4/c1-4-18-15-11-16(20-17(19-15)13-8-9-13)21(3)14-7-5-6-12(2)10-14/h11-14H,4-10H2,1-3H3,(H,18,19,20). The van der Waals surface area contributed by atoms with Gasteiger partial charge in [0.05, 0.1) is 0 Å². The Morgan fingerprint density at radius 1 is 1.24 bits per heavy atom. The van der Waals surface area contributed by atoms with Crippen molar-refractivity contribution in [1.29, 1.82) is 0 Å². The van der Waals surface area contributed by atoms with E-state index in [2.05, 4.69) is 42.2 Å². The second kappa shape index (κ2) is 6.20. The van der Waals surface area contributed by atoms with Crippen molar-refractivity contribution in [2.45, 2.75) is 64.3 Å². The van der Waals surface area contributed by atoms with Crippen molar-refractivity contribution in [2.24, 2.45) is 5.92 Å². The zero-order valence-electron chi connectivity index (χ0n) is 13.6. The van der Waals surface area contributed by atoms with Crippen LogP contribution in [0.2, 0.25) is 0 Å². The predicted octanol–water partition coefficient (Wildman–Crippen LogP) is 3.80. The Kier molecular flexibility index (Phi) is 4.32. The molecule has 0 aromatic carbocycles. The molecule has 2 atom stereocenters. The van der Waals surface area contributed by atoms with Gasteiger partial charge in [-0.05, 0) is 38.5 Å². The molecule has 2 saturated carbocycles. The van der Waals surface area contributed by atoms with E-state index in [1.165, 1.54) is 38.5 Å². The summed E-state index contributed by atoms with van der Waals surface area (Å²) in [6.45, 7) is 5.40. The molecule has 0 saturated heterocycles. The van der Waals surface area contributed by atoms with Crippen molar-refractivity contribution in [1.82, 2.24) is 9.97 Å². The molecule has 2 unspecified atom stereocenters. The van der Waals surface area contributed by atoms with Crippen LogP contribution in [0.1, 0.15) is 64.1 Å². The maximum Gasteiger partial charge on any atom is 0.136 e. The van der Waals surface area contributed by atoms with Gasteiger partial charge in [0.25, 0.3) is 0 Å². The molecule has 0 aliphatic heterocycles. The lowest BCUT2D eigenvalue weighted by molar-refractivity contribution is 0.335. The van der Waals surface area contributed by atoms with Crippen molar-refractivity contribution in [3.8, 4) is 0 Å². The van der Waals surface area contributed by atoms with Crippen LogP contribution in [-0.2, 0) is 0 Å². The first-order valence-electron chi connectivity index (χ1n) is 8.53. The molecule has 0 amide bonds. The van der Waals surface area contributed by atoms with Crippen molar-refractivity contribution >= 4 is 11.6 Å². The molecule has 2 fully saturated rings. The van der Waals surface area contributed by atoms with Gasteiger partial charge in [-0.2, -0.15) is 0 Å². The molecule has 116 valence electrons. The lowest BCUT2D eigenvalue weighted by Crippen LogP contribution is -2.36. The molecule has 1 heterocycles. The van der Waals surface area contributed by atoms with Crippen molar-refractivity contribution < 1.29 is 0 Å². The normalized spacial score (nSPS) is 25.7. The molecular weight excluding hydrogens is 260 g/mol. The van der Waals surface area contributed by atoms with Gasteiger partial charge in [-0.1, -0.05) is 19.8 Å². The van der Waals surface area contributed by atoms with Gasteiger partial charge in [0.1, 0.15) is 17.5 Å². The van der Waals surface area contributed by atoms with E-state index in [1.807, 2.05) is 0 Å². The Labute approximate surface area is 128 Å². The zero-order chi connectivity index (χ0) is 14.8. The predicted molar refractivity (Wildman–Crippen MR) is 88.0 cm³/mol. The number of hydrogen-bond acceptors (Lipinski definition) is 4. The van der Waals surface area contributed by atoms with E-state index in [0.717, 1.165) is 29.9 Å². The molecule has 0 spiro atoms. The van der Waals surface area contributed by atoms with E-state index in [1.54, 1.807) is 0 Å². The Balaban J connectivity index is 1.81. The van der Waals surface area contributed by atoms with Gasteiger partial charge in [0.2, 0.25) is 0 Å². The van der Waals surface area contributed by atoms with Gasteiger partial charge in [-0.3, -0.25) is 0 Å². The van der Waals surface area contributed by atoms with Crippen LogP contribution in [0, 0.1) is 5.92 Å². The third kappa shape index (κ3) is 3.47. The molecule has 1 aromatic heterocycles. The molecular formula is C17H28N4. The Morgan fingerprint density at radius 3 is 2.71 bits per heavy atom. The van der Waals surface area contributed by atoms with Crippen molar-refractivity contribution in [2.75, 3.05) is 23.8 Å². The van der Waals surface area contributed by atoms with Crippen LogP contribution in [0.4, 0.5) is 11.6 Å². The molecule has 0 radical (unpaired) electrons. The zero-order valence-corrected chi connectivity index (χ0v) is 13.6. The second-order valence-corrected chi connectivity index (χ2v) is 6.81. The fraction of sp³-hybridized carbons (Fsp3) is 0.765. The third-order valence-corrected chi connectivity index (χ3v) is 4.85. The highest BCUT2D eigenvalue weighted by Crippen LogP contribution is 2.39. The van der Waals surface area contributed by atoms with Gasteiger partial charge in [-0.15, -0.1) is 0 Å². The lowest BCUT2D eigenvalue weighted by Gasteiger charge is -2.35. The number of hydrogen-bond donors (Lipinski definition) is 1. The number of nitrogens with zero attached hydrogens (tertiary/aromatic N) is 3. The Morgan fingerprint density at radius 2 is 2.05 bits per heavy atom. The number of anilines is 2. The van der Waals surface area contributed by atoms with Crippen LogP contribution in [0.5, 0.6) is 0 Å². The van der Waals surface area contributed by atoms with Crippen LogP contribution in [0.15, 0.2) is 6.07 Å². The SMILES string of the molecule is CCNc1cc(N(C)C2CCCC(C)C2)nc(C2CC2)n1. The van der Waals surface area contributed by atoms with E-state index in [4.69, 9.17) is 4.98 Å². The summed E-state index contributed by atoms with van der Waals surface area (Å²) in [6, 6.07) is 2.75. The summed E-state index contributed by atoms with van der Waals surface area (Å²) in [5.74, 6) is 4.56. The van der Waals surface area contributed by atoms with E-state index in [9.17, 15) is 0 Å². The molecule has 2 aliphatic carbocycles. The minimum atomic E-state index is 0.598. The average Bonchev–Trinajstić information content (AvgIpc) is 3.31.